The minimum atomic E-state index is -0.719. The molecule has 12 atom stereocenters. The van der Waals surface area contributed by atoms with Gasteiger partial charge in [0.2, 0.25) is 11.8 Å². The first-order chi connectivity index (χ1) is 33.8. The first-order valence-corrected chi connectivity index (χ1v) is 25.8. The molecule has 4 aliphatic heterocycles. The van der Waals surface area contributed by atoms with E-state index in [0.29, 0.717) is 24.7 Å². The van der Waals surface area contributed by atoms with Gasteiger partial charge in [0.05, 0.1) is 74.5 Å². The van der Waals surface area contributed by atoms with Gasteiger partial charge in [-0.2, -0.15) is 0 Å². The summed E-state index contributed by atoms with van der Waals surface area (Å²) in [6.45, 7) is 8.27. The normalized spacial score (nSPS) is 29.9. The third-order valence-corrected chi connectivity index (χ3v) is 16.2. The van der Waals surface area contributed by atoms with Gasteiger partial charge in [0.1, 0.15) is 23.7 Å². The van der Waals surface area contributed by atoms with E-state index < -0.39 is 24.3 Å². The van der Waals surface area contributed by atoms with Crippen molar-refractivity contribution in [2.45, 2.75) is 165 Å². The molecule has 6 heterocycles. The molecule has 2 aliphatic carbocycles. The lowest BCUT2D eigenvalue weighted by Crippen LogP contribution is -2.55. The molecule has 10 rings (SSSR count). The van der Waals surface area contributed by atoms with Crippen LogP contribution in [0.15, 0.2) is 60.9 Å². The number of ether oxygens (including phenoxy) is 4. The van der Waals surface area contributed by atoms with Gasteiger partial charge in [0.15, 0.2) is 0 Å². The summed E-state index contributed by atoms with van der Waals surface area (Å²) >= 11 is 0. The van der Waals surface area contributed by atoms with Crippen molar-refractivity contribution in [3.8, 4) is 33.6 Å². The van der Waals surface area contributed by atoms with Crippen LogP contribution in [-0.4, -0.2) is 117 Å². The van der Waals surface area contributed by atoms with E-state index in [0.717, 1.165) is 109 Å². The molecule has 0 radical (unpaired) electrons. The van der Waals surface area contributed by atoms with Gasteiger partial charge < -0.3 is 49.3 Å². The van der Waals surface area contributed by atoms with Crippen molar-refractivity contribution < 1.29 is 38.1 Å². The summed E-state index contributed by atoms with van der Waals surface area (Å²) in [5.74, 6) is 2.21. The second-order valence-electron chi connectivity index (χ2n) is 21.2. The van der Waals surface area contributed by atoms with Crippen molar-refractivity contribution in [3.05, 3.63) is 72.6 Å². The Morgan fingerprint density at radius 2 is 0.929 bits per heavy atom. The smallest absolute Gasteiger partial charge is 0.407 e. The van der Waals surface area contributed by atoms with Crippen LogP contribution in [0.3, 0.4) is 0 Å². The number of nitrogens with one attached hydrogen (secondary N) is 4. The number of likely N-dealkylation sites (tertiary alicyclic amines) is 2. The summed E-state index contributed by atoms with van der Waals surface area (Å²) in [5, 5.41) is 5.87. The van der Waals surface area contributed by atoms with Crippen LogP contribution in [0.4, 0.5) is 9.59 Å². The van der Waals surface area contributed by atoms with Crippen LogP contribution >= 0.6 is 0 Å². The Labute approximate surface area is 410 Å². The molecular formula is C54H70N8O8. The molecule has 4 amide bonds. The van der Waals surface area contributed by atoms with Gasteiger partial charge in [-0.25, -0.2) is 19.6 Å². The molecule has 0 spiro atoms. The standard InChI is InChI=1S/C54H70N8O8/c1-29-7-21-43(61(29)51(63)47(59-53(65)67-5)39-23-31(3)69-45(25-39)37-17-18-37)49-55-27-41(57-49)35-13-9-33(10-14-35)34-11-15-36(16-12-34)42-28-56-50(58-42)44-22-8-30(2)62(44)52(64)48(60-54(66)68-6)40-24-32(4)70-46(26-40)38-19-20-38/h9-16,27-32,37-40,43-48H,7-8,17-26H2,1-6H3,(H,55,57)(H,56,58)(H,59,65)(H,60,66)/t29-,30-,31+,32+,39-,40-,43-,44-,45-,46?,47-,48-/m0/s1. The number of carbonyl (C=O) groups excluding carboxylic acids is 4. The number of amides is 4. The van der Waals surface area contributed by atoms with Crippen molar-refractivity contribution in [1.29, 1.82) is 0 Å². The van der Waals surface area contributed by atoms with Gasteiger partial charge in [-0.1, -0.05) is 48.5 Å². The molecule has 4 N–H and O–H groups in total. The number of alkyl carbamates (subject to hydrolysis) is 2. The van der Waals surface area contributed by atoms with E-state index >= 15 is 0 Å². The maximum atomic E-state index is 14.6. The fourth-order valence-electron chi connectivity index (χ4n) is 12.2. The lowest BCUT2D eigenvalue weighted by Gasteiger charge is -2.40. The molecule has 6 aliphatic rings. The Kier molecular flexibility index (Phi) is 13.8. The number of nitrogens with zero attached hydrogens (tertiary/aromatic N) is 4. The van der Waals surface area contributed by atoms with Crippen molar-refractivity contribution in [2.75, 3.05) is 14.2 Å². The van der Waals surface area contributed by atoms with E-state index in [-0.39, 0.29) is 72.2 Å². The van der Waals surface area contributed by atoms with Gasteiger partial charge >= 0.3 is 12.2 Å². The summed E-state index contributed by atoms with van der Waals surface area (Å²) in [4.78, 5) is 75.2. The number of hydrogen-bond donors (Lipinski definition) is 4. The minimum absolute atomic E-state index is 0.00459. The summed E-state index contributed by atoms with van der Waals surface area (Å²) in [6.07, 6.45) is 13.3. The van der Waals surface area contributed by atoms with Gasteiger partial charge in [-0.15, -0.1) is 0 Å². The predicted molar refractivity (Wildman–Crippen MR) is 262 cm³/mol. The highest BCUT2D eigenvalue weighted by atomic mass is 16.5. The third kappa shape index (κ3) is 10.1. The first-order valence-electron chi connectivity index (χ1n) is 25.8. The van der Waals surface area contributed by atoms with Crippen LogP contribution in [0.25, 0.3) is 33.6 Å². The fourth-order valence-corrected chi connectivity index (χ4v) is 12.2. The molecule has 374 valence electrons. The van der Waals surface area contributed by atoms with Crippen LogP contribution in [0.5, 0.6) is 0 Å². The van der Waals surface area contributed by atoms with E-state index in [9.17, 15) is 19.2 Å². The number of rotatable bonds is 13. The number of carbonyl (C=O) groups is 4. The Hall–Kier alpha value is -5.74. The second-order valence-corrected chi connectivity index (χ2v) is 21.2. The molecule has 2 aromatic heterocycles. The van der Waals surface area contributed by atoms with E-state index in [1.54, 1.807) is 0 Å². The zero-order chi connectivity index (χ0) is 48.8. The molecule has 16 nitrogen and oxygen atoms in total. The highest BCUT2D eigenvalue weighted by Gasteiger charge is 2.49. The number of benzene rings is 2. The molecule has 2 aromatic carbocycles. The molecule has 4 aromatic rings. The average molecular weight is 959 g/mol. The van der Waals surface area contributed by atoms with Crippen LogP contribution in [0.2, 0.25) is 0 Å². The third-order valence-electron chi connectivity index (χ3n) is 16.2. The lowest BCUT2D eigenvalue weighted by molar-refractivity contribution is -0.142. The SMILES string of the molecule is COC(=O)N[C@H](C(=O)N1[C@@H](C)CC[C@H]1c1ncc(-c2ccc(-c3ccc(-c4cnc([C@@H]5CC[C@H](C)N5C(=O)[C@@H](NC(=O)OC)[C@H]5C[C@@H](C)O[C@H](C6CC6)C5)[nH]4)cc3)cc2)[nH]1)[C@@H]1CC(C2CC2)O[C@H](C)C1. The molecule has 6 fully saturated rings. The van der Waals surface area contributed by atoms with Crippen molar-refractivity contribution in [1.82, 2.24) is 40.4 Å². The number of aromatic nitrogens is 4. The number of hydrogen-bond acceptors (Lipinski definition) is 10. The molecule has 16 heteroatoms. The maximum absolute atomic E-state index is 14.6. The summed E-state index contributed by atoms with van der Waals surface area (Å²) < 4.78 is 22.6. The van der Waals surface area contributed by atoms with E-state index in [1.807, 2.05) is 22.2 Å². The summed E-state index contributed by atoms with van der Waals surface area (Å²) in [7, 11) is 2.67. The molecule has 70 heavy (non-hydrogen) atoms. The van der Waals surface area contributed by atoms with Crippen molar-refractivity contribution in [3.63, 3.8) is 0 Å². The highest BCUT2D eigenvalue weighted by molar-refractivity contribution is 5.88. The molecule has 0 bridgehead atoms. The molecule has 4 saturated heterocycles. The largest absolute Gasteiger partial charge is 0.453 e. The topological polar surface area (TPSA) is 193 Å². The van der Waals surface area contributed by atoms with Crippen LogP contribution < -0.4 is 10.6 Å². The molecular weight excluding hydrogens is 889 g/mol. The number of imidazole rings is 2. The monoisotopic (exact) mass is 959 g/mol. The van der Waals surface area contributed by atoms with Crippen molar-refractivity contribution >= 4 is 24.0 Å². The van der Waals surface area contributed by atoms with Gasteiger partial charge in [0.25, 0.3) is 0 Å². The summed E-state index contributed by atoms with van der Waals surface area (Å²) in [5.41, 5.74) is 5.80. The van der Waals surface area contributed by atoms with Crippen LogP contribution in [0, 0.1) is 23.7 Å². The number of H-pyrrole nitrogens is 2. The lowest BCUT2D eigenvalue weighted by atomic mass is 9.83. The summed E-state index contributed by atoms with van der Waals surface area (Å²) in [6, 6.07) is 14.7. The highest BCUT2D eigenvalue weighted by Crippen LogP contribution is 2.45. The van der Waals surface area contributed by atoms with Gasteiger partial charge in [-0.3, -0.25) is 9.59 Å². The molecule has 2 saturated carbocycles. The van der Waals surface area contributed by atoms with Gasteiger partial charge in [0, 0.05) is 12.1 Å². The van der Waals surface area contributed by atoms with Crippen LogP contribution in [-0.2, 0) is 28.5 Å². The van der Waals surface area contributed by atoms with Crippen molar-refractivity contribution in [2.24, 2.45) is 23.7 Å². The molecule has 1 unspecified atom stereocenters. The maximum Gasteiger partial charge on any atom is 0.407 e. The average Bonchev–Trinajstić information content (AvgIpc) is 4.21. The Morgan fingerprint density at radius 3 is 1.29 bits per heavy atom. The quantitative estimate of drug-likeness (QED) is 0.101. The Bertz CT molecular complexity index is 2330. The number of methoxy groups -OCH3 is 2. The van der Waals surface area contributed by atoms with Gasteiger partial charge in [-0.05, 0) is 151 Å². The number of aromatic amines is 2. The van der Waals surface area contributed by atoms with E-state index in [4.69, 9.17) is 28.9 Å². The Balaban J connectivity index is 0.802. The zero-order valence-electron chi connectivity index (χ0n) is 41.4. The minimum Gasteiger partial charge on any atom is -0.453 e. The zero-order valence-corrected chi connectivity index (χ0v) is 41.4. The van der Waals surface area contributed by atoms with Crippen LogP contribution in [0.1, 0.15) is 128 Å². The predicted octanol–water partition coefficient (Wildman–Crippen LogP) is 8.87. The second kappa shape index (κ2) is 20.2. The first kappa shape index (κ1) is 47.9. The fraction of sp³-hybridized carbons (Fsp3) is 0.593. The van der Waals surface area contributed by atoms with E-state index in [1.165, 1.54) is 14.2 Å². The Morgan fingerprint density at radius 1 is 0.557 bits per heavy atom. The van der Waals surface area contributed by atoms with E-state index in [2.05, 4.69) is 96.8 Å².